The van der Waals surface area contributed by atoms with E-state index >= 15 is 0 Å². The van der Waals surface area contributed by atoms with E-state index in [0.29, 0.717) is 0 Å². The molecule has 0 spiro atoms. The van der Waals surface area contributed by atoms with E-state index in [1.807, 2.05) is 30.4 Å². The van der Waals surface area contributed by atoms with Crippen molar-refractivity contribution < 1.29 is 4.84 Å². The number of benzene rings is 2. The number of nitrogens with zero attached hydrogens (tertiary/aromatic N) is 3. The van der Waals surface area contributed by atoms with E-state index in [-0.39, 0.29) is 5.41 Å². The Kier molecular flexibility index (Phi) is 6.78. The number of hydrogen-bond donors (Lipinski definition) is 0. The number of aliphatic imine (C=N–C) groups is 1. The summed E-state index contributed by atoms with van der Waals surface area (Å²) in [5.74, 6) is 0.734. The highest BCUT2D eigenvalue weighted by molar-refractivity contribution is 5.83. The molecule has 27 heavy (non-hydrogen) atoms. The first-order valence-electron chi connectivity index (χ1n) is 9.37. The van der Waals surface area contributed by atoms with E-state index < -0.39 is 0 Å². The quantitative estimate of drug-likeness (QED) is 0.378. The summed E-state index contributed by atoms with van der Waals surface area (Å²) in [5, 5.41) is 4.15. The van der Waals surface area contributed by atoms with E-state index in [4.69, 9.17) is 4.84 Å². The summed E-state index contributed by atoms with van der Waals surface area (Å²) in [5.41, 5.74) is 5.63. The van der Waals surface area contributed by atoms with E-state index in [9.17, 15) is 0 Å². The lowest BCUT2D eigenvalue weighted by Gasteiger charge is -2.18. The van der Waals surface area contributed by atoms with Gasteiger partial charge in [0.25, 0.3) is 0 Å². The van der Waals surface area contributed by atoms with Crippen LogP contribution in [0.2, 0.25) is 0 Å². The minimum absolute atomic E-state index is 0.132. The molecule has 4 nitrogen and oxygen atoms in total. The summed E-state index contributed by atoms with van der Waals surface area (Å²) in [6.07, 6.45) is 3.62. The first-order valence-corrected chi connectivity index (χ1v) is 9.37. The van der Waals surface area contributed by atoms with Gasteiger partial charge >= 0.3 is 0 Å². The van der Waals surface area contributed by atoms with Gasteiger partial charge in [-0.15, -0.1) is 0 Å². The van der Waals surface area contributed by atoms with Gasteiger partial charge in [0.2, 0.25) is 0 Å². The summed E-state index contributed by atoms with van der Waals surface area (Å²) in [6.45, 7) is 13.7. The van der Waals surface area contributed by atoms with Crippen LogP contribution < -0.4 is 4.84 Å². The Balaban J connectivity index is 2.08. The van der Waals surface area contributed by atoms with Gasteiger partial charge in [-0.25, -0.2) is 4.99 Å². The Hall–Kier alpha value is -2.62. The zero-order chi connectivity index (χ0) is 20.0. The third-order valence-electron chi connectivity index (χ3n) is 4.55. The van der Waals surface area contributed by atoms with Crippen LogP contribution in [-0.4, -0.2) is 31.0 Å². The lowest BCUT2D eigenvalue weighted by atomic mass is 9.87. The fraction of sp³-hybridized carbons (Fsp3) is 0.391. The first-order chi connectivity index (χ1) is 12.7. The molecule has 0 amide bonds. The molecule has 0 aliphatic heterocycles. The Morgan fingerprint density at radius 1 is 1.04 bits per heavy atom. The van der Waals surface area contributed by atoms with Crippen LogP contribution >= 0.6 is 0 Å². The van der Waals surface area contributed by atoms with Gasteiger partial charge in [0.15, 0.2) is 5.75 Å². The molecule has 0 aliphatic carbocycles. The Morgan fingerprint density at radius 3 is 2.30 bits per heavy atom. The topological polar surface area (TPSA) is 37.2 Å². The van der Waals surface area contributed by atoms with Gasteiger partial charge in [0.1, 0.15) is 0 Å². The SMILES string of the molecule is CCN(C)C=Nc1cc(C)c(/C=N/Oc2ccc(C(C)(C)C)cc2)cc1C. The highest BCUT2D eigenvalue weighted by Gasteiger charge is 2.12. The van der Waals surface area contributed by atoms with E-state index in [0.717, 1.165) is 34.7 Å². The van der Waals surface area contributed by atoms with Crippen molar-refractivity contribution in [1.82, 2.24) is 4.90 Å². The second-order valence-electron chi connectivity index (χ2n) is 7.91. The zero-order valence-corrected chi connectivity index (χ0v) is 17.6. The Bertz CT molecular complexity index is 815. The normalized spacial score (nSPS) is 12.1. The molecule has 0 N–H and O–H groups in total. The van der Waals surface area contributed by atoms with Gasteiger partial charge in [0.05, 0.1) is 18.2 Å². The minimum atomic E-state index is 0.132. The van der Waals surface area contributed by atoms with Crippen LogP contribution in [0.15, 0.2) is 46.5 Å². The average molecular weight is 366 g/mol. The van der Waals surface area contributed by atoms with Crippen LogP contribution in [0.25, 0.3) is 0 Å². The van der Waals surface area contributed by atoms with Gasteiger partial charge in [-0.3, -0.25) is 0 Å². The van der Waals surface area contributed by atoms with E-state index in [1.54, 1.807) is 6.21 Å². The molecule has 2 aromatic rings. The second kappa shape index (κ2) is 8.85. The summed E-state index contributed by atoms with van der Waals surface area (Å²) in [4.78, 5) is 12.1. The predicted octanol–water partition coefficient (Wildman–Crippen LogP) is 5.63. The lowest BCUT2D eigenvalue weighted by Crippen LogP contribution is -2.14. The maximum atomic E-state index is 5.53. The maximum absolute atomic E-state index is 5.53. The molecule has 0 heterocycles. The molecule has 0 aliphatic rings. The molecule has 2 aromatic carbocycles. The van der Waals surface area contributed by atoms with Crippen LogP contribution in [0.5, 0.6) is 5.75 Å². The zero-order valence-electron chi connectivity index (χ0n) is 17.6. The summed E-state index contributed by atoms with van der Waals surface area (Å²) >= 11 is 0. The molecule has 0 aromatic heterocycles. The second-order valence-corrected chi connectivity index (χ2v) is 7.91. The molecule has 144 valence electrons. The summed E-state index contributed by atoms with van der Waals surface area (Å²) < 4.78 is 0. The predicted molar refractivity (Wildman–Crippen MR) is 116 cm³/mol. The van der Waals surface area contributed by atoms with Crippen molar-refractivity contribution in [1.29, 1.82) is 0 Å². The standard InChI is InChI=1S/C23H31N3O/c1-8-26(7)16-24-22-14-17(2)19(13-18(22)3)15-25-27-21-11-9-20(10-12-21)23(4,5)6/h9-16H,8H2,1-7H3/b24-16?,25-15+. The Morgan fingerprint density at radius 2 is 1.70 bits per heavy atom. The molecule has 0 radical (unpaired) electrons. The van der Waals surface area contributed by atoms with E-state index in [1.165, 1.54) is 5.56 Å². The highest BCUT2D eigenvalue weighted by atomic mass is 16.6. The van der Waals surface area contributed by atoms with Crippen LogP contribution in [0.3, 0.4) is 0 Å². The van der Waals surface area contributed by atoms with Crippen molar-refractivity contribution in [3.05, 3.63) is 58.7 Å². The van der Waals surface area contributed by atoms with Gasteiger partial charge in [-0.1, -0.05) is 38.1 Å². The van der Waals surface area contributed by atoms with Crippen LogP contribution in [0, 0.1) is 13.8 Å². The van der Waals surface area contributed by atoms with Crippen LogP contribution in [0.1, 0.15) is 49.9 Å². The fourth-order valence-electron chi connectivity index (χ4n) is 2.50. The number of hydrogen-bond acceptors (Lipinski definition) is 3. The molecule has 0 saturated heterocycles. The van der Waals surface area contributed by atoms with Crippen molar-refractivity contribution in [3.8, 4) is 5.75 Å². The highest BCUT2D eigenvalue weighted by Crippen LogP contribution is 2.25. The summed E-state index contributed by atoms with van der Waals surface area (Å²) in [7, 11) is 2.01. The average Bonchev–Trinajstić information content (AvgIpc) is 2.62. The Labute approximate surface area is 163 Å². The smallest absolute Gasteiger partial charge is 0.157 e. The maximum Gasteiger partial charge on any atom is 0.157 e. The third kappa shape index (κ3) is 5.95. The third-order valence-corrected chi connectivity index (χ3v) is 4.55. The van der Waals surface area contributed by atoms with Gasteiger partial charge < -0.3 is 9.74 Å². The van der Waals surface area contributed by atoms with Crippen molar-refractivity contribution in [3.63, 3.8) is 0 Å². The van der Waals surface area contributed by atoms with Gasteiger partial charge in [0, 0.05) is 13.6 Å². The molecule has 0 saturated carbocycles. The van der Waals surface area contributed by atoms with Gasteiger partial charge in [-0.2, -0.15) is 0 Å². The first kappa shape index (κ1) is 20.7. The van der Waals surface area contributed by atoms with Gasteiger partial charge in [-0.05, 0) is 72.7 Å². The molecular weight excluding hydrogens is 334 g/mol. The largest absolute Gasteiger partial charge is 0.366 e. The molecular formula is C23H31N3O. The van der Waals surface area contributed by atoms with Crippen molar-refractivity contribution in [2.45, 2.75) is 47.0 Å². The fourth-order valence-corrected chi connectivity index (χ4v) is 2.50. The lowest BCUT2D eigenvalue weighted by molar-refractivity contribution is 0.343. The number of aryl methyl sites for hydroxylation is 2. The molecule has 4 heteroatoms. The number of rotatable bonds is 6. The number of oxime groups is 1. The van der Waals surface area contributed by atoms with Crippen molar-refractivity contribution in [2.24, 2.45) is 10.1 Å². The molecule has 0 unspecified atom stereocenters. The van der Waals surface area contributed by atoms with E-state index in [2.05, 4.69) is 76.0 Å². The monoisotopic (exact) mass is 365 g/mol. The van der Waals surface area contributed by atoms with Crippen molar-refractivity contribution >= 4 is 18.2 Å². The van der Waals surface area contributed by atoms with Crippen molar-refractivity contribution in [2.75, 3.05) is 13.6 Å². The molecule has 0 atom stereocenters. The minimum Gasteiger partial charge on any atom is -0.366 e. The molecule has 0 fully saturated rings. The molecule has 2 rings (SSSR count). The molecule has 0 bridgehead atoms. The summed E-state index contributed by atoms with van der Waals surface area (Å²) in [6, 6.07) is 12.2. The van der Waals surface area contributed by atoms with Crippen LogP contribution in [-0.2, 0) is 5.41 Å². The van der Waals surface area contributed by atoms with Crippen LogP contribution in [0.4, 0.5) is 5.69 Å².